The number of hydrogen-bond acceptors (Lipinski definition) is 4. The Morgan fingerprint density at radius 1 is 1.19 bits per heavy atom. The third-order valence-electron chi connectivity index (χ3n) is 3.94. The molecule has 1 aromatic rings. The fourth-order valence-electron chi connectivity index (χ4n) is 3.08. The Hall–Kier alpha value is -1.16. The molecular weight excluding hydrogens is 200 g/mol. The number of hydrogen-bond donors (Lipinski definition) is 0. The molecule has 4 heteroatoms. The number of rotatable bonds is 1. The maximum absolute atomic E-state index is 4.38. The summed E-state index contributed by atoms with van der Waals surface area (Å²) in [7, 11) is 2.22. The molecule has 0 N–H and O–H groups in total. The molecule has 2 saturated heterocycles. The van der Waals surface area contributed by atoms with E-state index in [9.17, 15) is 0 Å². The van der Waals surface area contributed by atoms with Gasteiger partial charge in [0.05, 0.1) is 6.20 Å². The zero-order valence-corrected chi connectivity index (χ0v) is 9.76. The van der Waals surface area contributed by atoms with Gasteiger partial charge in [-0.25, -0.2) is 4.98 Å². The van der Waals surface area contributed by atoms with E-state index in [1.54, 1.807) is 12.4 Å². The van der Waals surface area contributed by atoms with Gasteiger partial charge in [-0.05, 0) is 26.4 Å². The van der Waals surface area contributed by atoms with Crippen LogP contribution in [-0.2, 0) is 0 Å². The van der Waals surface area contributed by atoms with Gasteiger partial charge in [-0.2, -0.15) is 0 Å². The number of aromatic nitrogens is 2. The fraction of sp³-hybridized carbons (Fsp3) is 0.667. The molecule has 3 rings (SSSR count). The second-order valence-corrected chi connectivity index (χ2v) is 5.22. The van der Waals surface area contributed by atoms with E-state index in [0.717, 1.165) is 18.9 Å². The van der Waals surface area contributed by atoms with Gasteiger partial charge in [0, 0.05) is 37.4 Å². The molecule has 2 aliphatic heterocycles. The molecule has 2 fully saturated rings. The highest BCUT2D eigenvalue weighted by Gasteiger charge is 2.42. The largest absolute Gasteiger partial charge is 0.355 e. The molecule has 2 aliphatic rings. The molecule has 0 aliphatic carbocycles. The van der Waals surface area contributed by atoms with Crippen LogP contribution in [0.3, 0.4) is 0 Å². The third kappa shape index (κ3) is 1.67. The predicted octanol–water partition coefficient (Wildman–Crippen LogP) is 1.01. The first-order valence-corrected chi connectivity index (χ1v) is 5.97. The van der Waals surface area contributed by atoms with Crippen molar-refractivity contribution < 1.29 is 0 Å². The van der Waals surface area contributed by atoms with Crippen molar-refractivity contribution in [1.29, 1.82) is 0 Å². The highest BCUT2D eigenvalue weighted by atomic mass is 15.2. The smallest absolute Gasteiger partial charge is 0.147 e. The van der Waals surface area contributed by atoms with E-state index in [1.807, 2.05) is 6.20 Å². The molecule has 4 nitrogen and oxygen atoms in total. The van der Waals surface area contributed by atoms with Crippen LogP contribution in [0.25, 0.3) is 0 Å². The average molecular weight is 218 g/mol. The second kappa shape index (κ2) is 3.70. The lowest BCUT2D eigenvalue weighted by Crippen LogP contribution is -2.30. The lowest BCUT2D eigenvalue weighted by Gasteiger charge is -2.24. The van der Waals surface area contributed by atoms with Gasteiger partial charge >= 0.3 is 0 Å². The van der Waals surface area contributed by atoms with Gasteiger partial charge in [0.1, 0.15) is 5.82 Å². The van der Waals surface area contributed by atoms with Gasteiger partial charge in [0.25, 0.3) is 0 Å². The lowest BCUT2D eigenvalue weighted by molar-refractivity contribution is 0.312. The summed E-state index contributed by atoms with van der Waals surface area (Å²) in [6, 6.07) is 0. The van der Waals surface area contributed by atoms with E-state index >= 15 is 0 Å². The van der Waals surface area contributed by atoms with Crippen molar-refractivity contribution >= 4 is 5.82 Å². The molecule has 16 heavy (non-hydrogen) atoms. The summed E-state index contributed by atoms with van der Waals surface area (Å²) in [4.78, 5) is 13.4. The molecule has 0 aromatic carbocycles. The molecule has 3 heterocycles. The summed E-state index contributed by atoms with van der Waals surface area (Å²) in [5.74, 6) is 1.04. The molecular formula is C12H18N4. The zero-order chi connectivity index (χ0) is 11.0. The van der Waals surface area contributed by atoms with Crippen LogP contribution in [0.2, 0.25) is 0 Å². The summed E-state index contributed by atoms with van der Waals surface area (Å²) >= 11 is 0. The van der Waals surface area contributed by atoms with Crippen molar-refractivity contribution in [3.8, 4) is 0 Å². The minimum absolute atomic E-state index is 0.520. The molecule has 1 atom stereocenters. The SMILES string of the molecule is CN1CCC2(CCN(c3cnccn3)C2)C1. The van der Waals surface area contributed by atoms with Gasteiger partial charge in [-0.1, -0.05) is 0 Å². The molecule has 1 unspecified atom stereocenters. The average Bonchev–Trinajstić information content (AvgIpc) is 2.88. The Labute approximate surface area is 96.3 Å². The Kier molecular flexibility index (Phi) is 2.32. The molecule has 1 aromatic heterocycles. The van der Waals surface area contributed by atoms with Crippen molar-refractivity contribution in [2.75, 3.05) is 38.1 Å². The molecule has 0 bridgehead atoms. The van der Waals surface area contributed by atoms with Crippen molar-refractivity contribution in [2.24, 2.45) is 5.41 Å². The van der Waals surface area contributed by atoms with E-state index in [0.29, 0.717) is 5.41 Å². The molecule has 0 amide bonds. The van der Waals surface area contributed by atoms with Gasteiger partial charge in [0.2, 0.25) is 0 Å². The Balaban J connectivity index is 1.74. The standard InChI is InChI=1S/C12H18N4/c1-15-6-2-12(9-15)3-7-16(10-12)11-8-13-4-5-14-11/h4-5,8H,2-3,6-7,9-10H2,1H3. The van der Waals surface area contributed by atoms with Crippen LogP contribution in [0.5, 0.6) is 0 Å². The third-order valence-corrected chi connectivity index (χ3v) is 3.94. The molecule has 0 saturated carbocycles. The molecule has 1 spiro atoms. The van der Waals surface area contributed by atoms with Gasteiger partial charge < -0.3 is 9.80 Å². The Morgan fingerprint density at radius 3 is 2.75 bits per heavy atom. The summed E-state index contributed by atoms with van der Waals surface area (Å²) in [5, 5.41) is 0. The van der Waals surface area contributed by atoms with Crippen LogP contribution < -0.4 is 4.90 Å². The lowest BCUT2D eigenvalue weighted by atomic mass is 9.86. The molecule has 86 valence electrons. The van der Waals surface area contributed by atoms with E-state index in [2.05, 4.69) is 26.8 Å². The van der Waals surface area contributed by atoms with Gasteiger partial charge in [0.15, 0.2) is 0 Å². The highest BCUT2D eigenvalue weighted by molar-refractivity contribution is 5.37. The maximum atomic E-state index is 4.38. The summed E-state index contributed by atoms with van der Waals surface area (Å²) in [6.45, 7) is 4.76. The molecule has 0 radical (unpaired) electrons. The predicted molar refractivity (Wildman–Crippen MR) is 63.4 cm³/mol. The fourth-order valence-corrected chi connectivity index (χ4v) is 3.08. The quantitative estimate of drug-likeness (QED) is 0.704. The second-order valence-electron chi connectivity index (χ2n) is 5.22. The van der Waals surface area contributed by atoms with E-state index in [4.69, 9.17) is 0 Å². The van der Waals surface area contributed by atoms with Crippen molar-refractivity contribution in [3.05, 3.63) is 18.6 Å². The van der Waals surface area contributed by atoms with Gasteiger partial charge in [-0.15, -0.1) is 0 Å². The van der Waals surface area contributed by atoms with Crippen LogP contribution >= 0.6 is 0 Å². The number of likely N-dealkylation sites (tertiary alicyclic amines) is 1. The highest BCUT2D eigenvalue weighted by Crippen LogP contribution is 2.39. The van der Waals surface area contributed by atoms with Crippen LogP contribution in [-0.4, -0.2) is 48.1 Å². The Bertz CT molecular complexity index is 367. The minimum atomic E-state index is 0.520. The van der Waals surface area contributed by atoms with Crippen LogP contribution in [0.15, 0.2) is 18.6 Å². The van der Waals surface area contributed by atoms with Crippen molar-refractivity contribution in [2.45, 2.75) is 12.8 Å². The van der Waals surface area contributed by atoms with E-state index in [1.165, 1.54) is 25.9 Å². The number of nitrogens with zero attached hydrogens (tertiary/aromatic N) is 4. The minimum Gasteiger partial charge on any atom is -0.355 e. The van der Waals surface area contributed by atoms with E-state index in [-0.39, 0.29) is 0 Å². The van der Waals surface area contributed by atoms with E-state index < -0.39 is 0 Å². The van der Waals surface area contributed by atoms with Crippen molar-refractivity contribution in [3.63, 3.8) is 0 Å². The number of anilines is 1. The first kappa shape index (κ1) is 10.0. The van der Waals surface area contributed by atoms with Crippen LogP contribution in [0.1, 0.15) is 12.8 Å². The maximum Gasteiger partial charge on any atom is 0.147 e. The monoisotopic (exact) mass is 218 g/mol. The first-order valence-electron chi connectivity index (χ1n) is 5.97. The Morgan fingerprint density at radius 2 is 2.06 bits per heavy atom. The summed E-state index contributed by atoms with van der Waals surface area (Å²) < 4.78 is 0. The van der Waals surface area contributed by atoms with Gasteiger partial charge in [-0.3, -0.25) is 4.98 Å². The topological polar surface area (TPSA) is 32.3 Å². The van der Waals surface area contributed by atoms with Crippen LogP contribution in [0.4, 0.5) is 5.82 Å². The van der Waals surface area contributed by atoms with Crippen molar-refractivity contribution in [1.82, 2.24) is 14.9 Å². The zero-order valence-electron chi connectivity index (χ0n) is 9.76. The first-order chi connectivity index (χ1) is 7.77. The normalized spacial score (nSPS) is 30.4. The summed E-state index contributed by atoms with van der Waals surface area (Å²) in [6.07, 6.45) is 8.02. The summed E-state index contributed by atoms with van der Waals surface area (Å²) in [5.41, 5.74) is 0.520. The van der Waals surface area contributed by atoms with Crippen LogP contribution in [0, 0.1) is 5.41 Å².